The molecular formula is C25H26F3N5O2. The van der Waals surface area contributed by atoms with E-state index in [4.69, 9.17) is 0 Å². The van der Waals surface area contributed by atoms with Crippen LogP contribution in [0.5, 0.6) is 0 Å². The molecule has 0 aliphatic rings. The van der Waals surface area contributed by atoms with Crippen molar-refractivity contribution in [1.29, 1.82) is 0 Å². The number of anilines is 1. The normalized spacial score (nSPS) is 11.8. The third kappa shape index (κ3) is 5.16. The second kappa shape index (κ2) is 9.81. The number of imidazole rings is 1. The molecule has 0 fully saturated rings. The van der Waals surface area contributed by atoms with Crippen LogP contribution >= 0.6 is 0 Å². The maximum Gasteiger partial charge on any atom is 0.418 e. The fraction of sp³-hybridized carbons (Fsp3) is 0.320. The van der Waals surface area contributed by atoms with E-state index in [0.29, 0.717) is 17.9 Å². The minimum atomic E-state index is -4.52. The molecule has 0 atom stereocenters. The van der Waals surface area contributed by atoms with Gasteiger partial charge in [-0.3, -0.25) is 14.3 Å². The molecule has 2 heterocycles. The Balaban J connectivity index is 1.80. The first-order chi connectivity index (χ1) is 16.7. The van der Waals surface area contributed by atoms with Gasteiger partial charge in [0.15, 0.2) is 11.2 Å². The highest BCUT2D eigenvalue weighted by Gasteiger charge is 2.33. The van der Waals surface area contributed by atoms with E-state index in [2.05, 4.69) is 15.3 Å². The smallest absolute Gasteiger partial charge is 0.377 e. The number of nitrogens with one attached hydrogen (secondary N) is 2. The van der Waals surface area contributed by atoms with Crippen LogP contribution in [0.1, 0.15) is 42.3 Å². The number of aromatic nitrogens is 4. The number of benzene rings is 2. The Kier molecular flexibility index (Phi) is 6.81. The van der Waals surface area contributed by atoms with E-state index in [-0.39, 0.29) is 29.9 Å². The van der Waals surface area contributed by atoms with Crippen molar-refractivity contribution in [2.24, 2.45) is 0 Å². The van der Waals surface area contributed by atoms with Crippen molar-refractivity contribution in [2.45, 2.75) is 52.5 Å². The molecule has 0 saturated heterocycles. The standard InChI is InChI=1S/C25H26F3N5O2/c1-3-4-12-32-20(14-29-19-13-16(2)10-11-18(19)25(26,27)28)30-22-21(32)23(34)31-24(35)33(22)15-17-8-6-5-7-9-17/h5-11,13,29H,3-4,12,14-15H2,1-2H3,(H,31,34,35). The summed E-state index contributed by atoms with van der Waals surface area (Å²) in [6.07, 6.45) is -2.95. The molecule has 2 N–H and O–H groups in total. The average Bonchev–Trinajstić information content (AvgIpc) is 3.17. The van der Waals surface area contributed by atoms with E-state index in [9.17, 15) is 22.8 Å². The molecule has 35 heavy (non-hydrogen) atoms. The summed E-state index contributed by atoms with van der Waals surface area (Å²) in [6.45, 7) is 4.29. The summed E-state index contributed by atoms with van der Waals surface area (Å²) < 4.78 is 43.7. The van der Waals surface area contributed by atoms with Gasteiger partial charge in [0.1, 0.15) is 5.82 Å². The first-order valence-corrected chi connectivity index (χ1v) is 11.4. The number of nitrogens with zero attached hydrogens (tertiary/aromatic N) is 3. The SMILES string of the molecule is CCCCn1c(CNc2cc(C)ccc2C(F)(F)F)nc2c1c(=O)[nH]c(=O)n2Cc1ccccc1. The summed E-state index contributed by atoms with van der Waals surface area (Å²) >= 11 is 0. The Morgan fingerprint density at radius 3 is 2.49 bits per heavy atom. The predicted octanol–water partition coefficient (Wildman–Crippen LogP) is 4.67. The highest BCUT2D eigenvalue weighted by molar-refractivity contribution is 5.71. The quantitative estimate of drug-likeness (QED) is 0.380. The summed E-state index contributed by atoms with van der Waals surface area (Å²) in [5, 5.41) is 2.85. The van der Waals surface area contributed by atoms with Crippen molar-refractivity contribution >= 4 is 16.9 Å². The Bertz CT molecular complexity index is 1450. The minimum Gasteiger partial charge on any atom is -0.377 e. The highest BCUT2D eigenvalue weighted by Crippen LogP contribution is 2.35. The van der Waals surface area contributed by atoms with Crippen LogP contribution in [0.2, 0.25) is 0 Å². The van der Waals surface area contributed by atoms with Gasteiger partial charge < -0.3 is 9.88 Å². The zero-order chi connectivity index (χ0) is 25.2. The van der Waals surface area contributed by atoms with Crippen molar-refractivity contribution in [2.75, 3.05) is 5.32 Å². The molecule has 7 nitrogen and oxygen atoms in total. The van der Waals surface area contributed by atoms with Gasteiger partial charge in [0.25, 0.3) is 5.56 Å². The molecule has 0 aliphatic carbocycles. The second-order valence-corrected chi connectivity index (χ2v) is 8.44. The van der Waals surface area contributed by atoms with Crippen LogP contribution in [-0.4, -0.2) is 19.1 Å². The molecular weight excluding hydrogens is 459 g/mol. The number of aromatic amines is 1. The van der Waals surface area contributed by atoms with Crippen LogP contribution in [0.3, 0.4) is 0 Å². The van der Waals surface area contributed by atoms with Crippen LogP contribution in [0.25, 0.3) is 11.2 Å². The van der Waals surface area contributed by atoms with Crippen LogP contribution < -0.4 is 16.6 Å². The van der Waals surface area contributed by atoms with E-state index < -0.39 is 23.0 Å². The van der Waals surface area contributed by atoms with Crippen molar-refractivity contribution in [3.63, 3.8) is 0 Å². The topological polar surface area (TPSA) is 84.7 Å². The van der Waals surface area contributed by atoms with Crippen molar-refractivity contribution < 1.29 is 13.2 Å². The number of hydrogen-bond donors (Lipinski definition) is 2. The summed E-state index contributed by atoms with van der Waals surface area (Å²) in [7, 11) is 0. The fourth-order valence-electron chi connectivity index (χ4n) is 4.05. The molecule has 2 aromatic heterocycles. The first kappa shape index (κ1) is 24.3. The summed E-state index contributed by atoms with van der Waals surface area (Å²) in [6, 6.07) is 13.1. The zero-order valence-corrected chi connectivity index (χ0v) is 19.4. The number of unbranched alkanes of at least 4 members (excludes halogenated alkanes) is 1. The molecule has 0 bridgehead atoms. The maximum atomic E-state index is 13.5. The van der Waals surface area contributed by atoms with Gasteiger partial charge in [0.05, 0.1) is 18.7 Å². The number of halogens is 3. The summed E-state index contributed by atoms with van der Waals surface area (Å²) in [5.74, 6) is 0.376. The molecule has 0 saturated carbocycles. The van der Waals surface area contributed by atoms with Gasteiger partial charge in [-0.25, -0.2) is 9.78 Å². The summed E-state index contributed by atoms with van der Waals surface area (Å²) in [4.78, 5) is 32.4. The Morgan fingerprint density at radius 1 is 1.06 bits per heavy atom. The van der Waals surface area contributed by atoms with Crippen LogP contribution in [0.4, 0.5) is 18.9 Å². The third-order valence-corrected chi connectivity index (χ3v) is 5.80. The fourth-order valence-corrected chi connectivity index (χ4v) is 4.05. The van der Waals surface area contributed by atoms with E-state index in [1.54, 1.807) is 11.5 Å². The molecule has 0 spiro atoms. The highest BCUT2D eigenvalue weighted by atomic mass is 19.4. The maximum absolute atomic E-state index is 13.5. The molecule has 4 rings (SSSR count). The molecule has 0 aliphatic heterocycles. The lowest BCUT2D eigenvalue weighted by molar-refractivity contribution is -0.137. The van der Waals surface area contributed by atoms with Crippen LogP contribution in [0.15, 0.2) is 58.1 Å². The molecule has 10 heteroatoms. The first-order valence-electron chi connectivity index (χ1n) is 11.4. The Labute approximate surface area is 199 Å². The monoisotopic (exact) mass is 485 g/mol. The van der Waals surface area contributed by atoms with Crippen molar-refractivity contribution in [3.05, 3.63) is 91.9 Å². The van der Waals surface area contributed by atoms with Gasteiger partial charge in [-0.2, -0.15) is 13.2 Å². The van der Waals surface area contributed by atoms with E-state index in [0.717, 1.165) is 24.5 Å². The lowest BCUT2D eigenvalue weighted by Crippen LogP contribution is -2.31. The molecule has 184 valence electrons. The molecule has 0 radical (unpaired) electrons. The molecule has 2 aromatic carbocycles. The molecule has 0 amide bonds. The Hall–Kier alpha value is -3.82. The van der Waals surface area contributed by atoms with Gasteiger partial charge in [-0.1, -0.05) is 49.7 Å². The third-order valence-electron chi connectivity index (χ3n) is 5.80. The zero-order valence-electron chi connectivity index (χ0n) is 19.4. The number of hydrogen-bond acceptors (Lipinski definition) is 4. The van der Waals surface area contributed by atoms with Gasteiger partial charge >= 0.3 is 11.9 Å². The Morgan fingerprint density at radius 2 is 1.80 bits per heavy atom. The number of alkyl halides is 3. The van der Waals surface area contributed by atoms with Crippen molar-refractivity contribution in [1.82, 2.24) is 19.1 Å². The summed E-state index contributed by atoms with van der Waals surface area (Å²) in [5.41, 5.74) is -0.0598. The number of H-pyrrole nitrogens is 1. The number of rotatable bonds is 8. The van der Waals surface area contributed by atoms with E-state index in [1.807, 2.05) is 37.3 Å². The van der Waals surface area contributed by atoms with Gasteiger partial charge in [0, 0.05) is 12.2 Å². The van der Waals surface area contributed by atoms with Crippen LogP contribution in [0, 0.1) is 6.92 Å². The van der Waals surface area contributed by atoms with Crippen LogP contribution in [-0.2, 0) is 25.8 Å². The average molecular weight is 486 g/mol. The van der Waals surface area contributed by atoms with E-state index in [1.165, 1.54) is 16.7 Å². The number of fused-ring (bicyclic) bond motifs is 1. The largest absolute Gasteiger partial charge is 0.418 e. The van der Waals surface area contributed by atoms with Gasteiger partial charge in [-0.15, -0.1) is 0 Å². The predicted molar refractivity (Wildman–Crippen MR) is 129 cm³/mol. The lowest BCUT2D eigenvalue weighted by Gasteiger charge is -2.16. The lowest BCUT2D eigenvalue weighted by atomic mass is 10.1. The second-order valence-electron chi connectivity index (χ2n) is 8.44. The minimum absolute atomic E-state index is 0.0517. The number of aryl methyl sites for hydroxylation is 2. The van der Waals surface area contributed by atoms with Crippen molar-refractivity contribution in [3.8, 4) is 0 Å². The van der Waals surface area contributed by atoms with Gasteiger partial charge in [-0.05, 0) is 36.6 Å². The molecule has 4 aromatic rings. The van der Waals surface area contributed by atoms with Gasteiger partial charge in [0.2, 0.25) is 0 Å². The van der Waals surface area contributed by atoms with E-state index >= 15 is 0 Å². The molecule has 0 unspecified atom stereocenters.